The number of alkyl carbamates (subject to hydrolysis) is 1. The number of nitrogens with zero attached hydrogens (tertiary/aromatic N) is 2. The maximum Gasteiger partial charge on any atom is 0.407 e. The normalized spacial score (nSPS) is 24.5. The number of carbonyl (C=O) groups is 12. The number of primary amides is 1. The number of aromatic amines is 2. The first-order valence-electron chi connectivity index (χ1n) is 44.6. The van der Waals surface area contributed by atoms with Crippen LogP contribution in [0.3, 0.4) is 0 Å². The standard InChI is InChI=1S/C95H122ClN15O18S4/c1-53(2)83-92(122)107-74(90(120)103-69(85(98)115)45-60-49-100-65-27-16-14-25-63(60)65)52-133-132-51-73(91(121)104-71(42-58-31-33-62(112)34-32-58)88(118)105-72(46-61-50-101-66-28-17-15-26-64(61)66)89(119)102-67(86(116)109-83)29-18-19-36-97)106-87(117)70(41-57-23-12-11-13-24-57)99-37-21-38-130-131-39-35-80(113)110(7)56(5)93(123)128-79-48-81(114)111(8)75-43-59(44-78(126-10)82(75)96)40-54(3)22-20-30-76(125-9)68-47-77(127-94(124)108-68)55(4)84-95(79,6)129-84/h11-17,20,22-28,30-34,43-44,49-50,53,55-56,67-74,76-77,79,83-84,99-101,112H,18-19,21,29,35-42,45-48,51-52,97H2,1-10H3,(H2,98,115)(H,102,119)(H,103,120)(H,104,121)(H,105,118)(H,106,117)(H,107,122)(H,108,124)(H,109,116)/b30-20+,54-22+/t55-,56+,67+,68?,69+,70-,71+,72-,73+,74+,76-,77+,79+,83+,84+,95+/m1/s1. The zero-order valence-electron chi connectivity index (χ0n) is 76.3. The predicted molar refractivity (Wildman–Crippen MR) is 517 cm³/mol. The quantitative estimate of drug-likeness (QED) is 0.00821. The molecule has 0 saturated carbocycles. The Morgan fingerprint density at radius 2 is 1.39 bits per heavy atom. The van der Waals surface area contributed by atoms with E-state index in [0.29, 0.717) is 71.7 Å². The van der Waals surface area contributed by atoms with Crippen LogP contribution in [0.1, 0.15) is 114 Å². The van der Waals surface area contributed by atoms with Crippen LogP contribution in [0.4, 0.5) is 10.5 Å². The molecule has 4 bridgehead atoms. The highest BCUT2D eigenvalue weighted by atomic mass is 35.5. The first-order chi connectivity index (χ1) is 63.7. The molecule has 0 aliphatic carbocycles. The molecule has 0 spiro atoms. The fourth-order valence-corrected chi connectivity index (χ4v) is 21.1. The number of epoxide rings is 1. The number of fused-ring (bicyclic) bond motifs is 7. The Hall–Kier alpha value is -10.8. The molecule has 16 N–H and O–H groups in total. The number of allylic oxidation sites excluding steroid dienone is 3. The number of carbonyl (C=O) groups excluding carboxylic acids is 12. The molecule has 11 amide bonds. The number of phenols is 1. The molecule has 11 rings (SSSR count). The van der Waals surface area contributed by atoms with Gasteiger partial charge in [-0.3, -0.25) is 47.9 Å². The second-order valence-electron chi connectivity index (χ2n) is 34.5. The third kappa shape index (κ3) is 28.2. The molecule has 38 heteroatoms. The number of H-pyrrole nitrogens is 2. The maximum absolute atomic E-state index is 15.5. The van der Waals surface area contributed by atoms with Crippen LogP contribution in [0.25, 0.3) is 21.8 Å². The van der Waals surface area contributed by atoms with Gasteiger partial charge in [-0.1, -0.05) is 178 Å². The smallest absolute Gasteiger partial charge is 0.407 e. The summed E-state index contributed by atoms with van der Waals surface area (Å²) < 4.78 is 30.2. The molecule has 16 atom stereocenters. The van der Waals surface area contributed by atoms with Gasteiger partial charge in [0.25, 0.3) is 0 Å². The summed E-state index contributed by atoms with van der Waals surface area (Å²) in [7, 11) is 11.1. The van der Waals surface area contributed by atoms with Gasteiger partial charge in [-0.25, -0.2) is 9.59 Å². The number of hydrogen-bond donors (Lipinski definition) is 14. The van der Waals surface area contributed by atoms with Crippen molar-refractivity contribution in [3.63, 3.8) is 0 Å². The van der Waals surface area contributed by atoms with Crippen molar-refractivity contribution in [2.45, 2.75) is 209 Å². The van der Waals surface area contributed by atoms with Crippen LogP contribution in [0.15, 0.2) is 151 Å². The number of aromatic nitrogens is 2. The minimum Gasteiger partial charge on any atom is -0.508 e. The number of benzene rings is 5. The number of esters is 1. The lowest BCUT2D eigenvalue weighted by molar-refractivity contribution is -0.162. The number of halogens is 1. The van der Waals surface area contributed by atoms with Crippen LogP contribution in [0.5, 0.6) is 11.5 Å². The number of methoxy groups -OCH3 is 2. The molecule has 3 fully saturated rings. The molecule has 6 heterocycles. The number of anilines is 1. The number of nitrogens with two attached hydrogens (primary N) is 2. The molecule has 4 aliphatic heterocycles. The van der Waals surface area contributed by atoms with Gasteiger partial charge >= 0.3 is 12.1 Å². The molecule has 3 saturated heterocycles. The van der Waals surface area contributed by atoms with Crippen molar-refractivity contribution >= 4 is 153 Å². The highest BCUT2D eigenvalue weighted by Gasteiger charge is 2.64. The first-order valence-corrected chi connectivity index (χ1v) is 50.0. The van der Waals surface area contributed by atoms with E-state index in [1.54, 1.807) is 71.6 Å². The van der Waals surface area contributed by atoms with Crippen LogP contribution in [0.2, 0.25) is 5.02 Å². The van der Waals surface area contributed by atoms with E-state index in [9.17, 15) is 43.5 Å². The van der Waals surface area contributed by atoms with Crippen molar-refractivity contribution in [3.05, 3.63) is 184 Å². The summed E-state index contributed by atoms with van der Waals surface area (Å²) in [6.45, 7) is 11.0. The monoisotopic (exact) mass is 1920 g/mol. The number of rotatable bonds is 32. The number of aromatic hydroxyl groups is 1. The zero-order valence-corrected chi connectivity index (χ0v) is 80.3. The van der Waals surface area contributed by atoms with E-state index in [1.165, 1.54) is 64.6 Å². The number of likely N-dealkylation sites (N-methyl/N-ethyl adjacent to an activating group) is 1. The van der Waals surface area contributed by atoms with Gasteiger partial charge in [0, 0.05) is 116 Å². The fraction of sp³-hybridized carbons (Fsp3) is 0.474. The summed E-state index contributed by atoms with van der Waals surface area (Å²) in [6, 6.07) is 21.1. The summed E-state index contributed by atoms with van der Waals surface area (Å²) >= 11 is 6.93. The van der Waals surface area contributed by atoms with Gasteiger partial charge < -0.3 is 108 Å². The second kappa shape index (κ2) is 48.9. The Balaban J connectivity index is 0.791. The van der Waals surface area contributed by atoms with Crippen LogP contribution in [0, 0.1) is 11.8 Å². The van der Waals surface area contributed by atoms with Gasteiger partial charge in [0.15, 0.2) is 0 Å². The molecule has 7 aromatic rings. The van der Waals surface area contributed by atoms with E-state index in [-0.39, 0.29) is 86.2 Å². The number of unbranched alkanes of at least 4 members (excludes halogenated alkanes) is 1. The van der Waals surface area contributed by atoms with E-state index in [0.717, 1.165) is 60.1 Å². The summed E-state index contributed by atoms with van der Waals surface area (Å²) in [4.78, 5) is 185. The third-order valence-electron chi connectivity index (χ3n) is 24.5. The lowest BCUT2D eigenvalue weighted by Crippen LogP contribution is -2.62. The van der Waals surface area contributed by atoms with Gasteiger partial charge in [-0.05, 0) is 143 Å². The maximum atomic E-state index is 15.5. The van der Waals surface area contributed by atoms with E-state index in [2.05, 4.69) is 57.8 Å². The first kappa shape index (κ1) is 103. The third-order valence-corrected chi connectivity index (χ3v) is 29.8. The molecule has 5 aromatic carbocycles. The fourth-order valence-electron chi connectivity index (χ4n) is 16.4. The number of hydrogen-bond acceptors (Lipinski definition) is 24. The minimum absolute atomic E-state index is 0.0230. The van der Waals surface area contributed by atoms with E-state index >= 15 is 19.2 Å². The van der Waals surface area contributed by atoms with Crippen LogP contribution >= 0.6 is 54.8 Å². The minimum atomic E-state index is -1.48. The largest absolute Gasteiger partial charge is 0.508 e. The average Bonchev–Trinajstić information content (AvgIpc) is 1.57. The van der Waals surface area contributed by atoms with Crippen LogP contribution in [-0.2, 0) is 104 Å². The van der Waals surface area contributed by atoms with Gasteiger partial charge in [0.2, 0.25) is 59.1 Å². The summed E-state index contributed by atoms with van der Waals surface area (Å²) in [5.41, 5.74) is 16.9. The molecule has 1 unspecified atom stereocenters. The lowest BCUT2D eigenvalue weighted by atomic mass is 9.84. The van der Waals surface area contributed by atoms with Crippen molar-refractivity contribution in [1.82, 2.24) is 62.7 Å². The Bertz CT molecular complexity index is 5320. The molecular formula is C95H122ClN15O18S4. The molecule has 33 nitrogen and oxygen atoms in total. The number of nitrogens with one attached hydrogen (secondary N) is 11. The van der Waals surface area contributed by atoms with Gasteiger partial charge in [0.05, 0.1) is 43.5 Å². The van der Waals surface area contributed by atoms with Gasteiger partial charge in [-0.2, -0.15) is 0 Å². The Labute approximate surface area is 794 Å². The summed E-state index contributed by atoms with van der Waals surface area (Å²) in [5.74, 6) is -8.35. The van der Waals surface area contributed by atoms with Crippen LogP contribution in [-0.4, -0.2) is 246 Å². The Kier molecular flexibility index (Phi) is 37.8. The van der Waals surface area contributed by atoms with Gasteiger partial charge in [0.1, 0.15) is 82.7 Å². The van der Waals surface area contributed by atoms with Crippen molar-refractivity contribution < 1.29 is 86.3 Å². The van der Waals surface area contributed by atoms with E-state index in [4.69, 9.17) is 46.8 Å². The molecule has 133 heavy (non-hydrogen) atoms. The number of ether oxygens (including phenoxy) is 5. The van der Waals surface area contributed by atoms with Crippen molar-refractivity contribution in [2.24, 2.45) is 23.3 Å². The lowest BCUT2D eigenvalue weighted by Gasteiger charge is -2.36. The molecule has 0 radical (unpaired) electrons. The van der Waals surface area contributed by atoms with Crippen molar-refractivity contribution in [1.29, 1.82) is 0 Å². The van der Waals surface area contributed by atoms with Crippen LogP contribution < -0.4 is 69.0 Å². The summed E-state index contributed by atoms with van der Waals surface area (Å²) in [6.07, 6.45) is 6.95. The van der Waals surface area contributed by atoms with E-state index in [1.807, 2.05) is 111 Å². The van der Waals surface area contributed by atoms with Gasteiger partial charge in [-0.15, -0.1) is 0 Å². The highest BCUT2D eigenvalue weighted by Crippen LogP contribution is 2.49. The summed E-state index contributed by atoms with van der Waals surface area (Å²) in [5, 5.41) is 38.5. The number of amides is 11. The SMILES string of the molecule is COc1cc2cc(c1Cl)N(C)C(=O)C[C@H](OC(=O)[C@H](C)N(C)C(=O)CCSSCCCN[C@H](Cc1ccccc1)C(=O)N[C@H]1CSSC[C@@H](C(=O)N[C@@H](Cc3c[nH]c4ccccc34)C(N)=O)NC(=O)[C@H](C(C)C)NC(=O)[C@H](CCCCN)NC(=O)[C@@H](Cc3c[nH]c4ccccc34)NC(=O)[C@H](Cc3ccc(O)cc3)NC1=O)[C@]1(C)O[C@H]1[C@H](C)[C@@H]1CC(NC(=O)O1)[C@H](OC)/C=C/C=C(\C)C2. The second-order valence-corrected chi connectivity index (χ2v) is 40.1. The molecule has 2 aromatic heterocycles. The molecule has 716 valence electrons. The van der Waals surface area contributed by atoms with Crippen molar-refractivity contribution in [2.75, 3.05) is 69.3 Å². The average molecular weight is 1930 g/mol. The molecule has 4 aliphatic rings. The predicted octanol–water partition coefficient (Wildman–Crippen LogP) is 8.01. The Morgan fingerprint density at radius 3 is 2.08 bits per heavy atom. The topological polar surface area (TPSA) is 473 Å². The molecular weight excluding hydrogens is 1800 g/mol. The van der Waals surface area contributed by atoms with E-state index < -0.39 is 167 Å². The number of para-hydroxylation sites is 2. The van der Waals surface area contributed by atoms with Crippen molar-refractivity contribution in [3.8, 4) is 11.5 Å². The zero-order chi connectivity index (χ0) is 95.7. The highest BCUT2D eigenvalue weighted by molar-refractivity contribution is 8.77. The Morgan fingerprint density at radius 1 is 0.744 bits per heavy atom. The number of phenolic OH excluding ortho intramolecular Hbond substituents is 1.